The normalized spacial score (nSPS) is 21.6. The third-order valence-electron chi connectivity index (χ3n) is 3.49. The molecular weight excluding hydrogens is 286 g/mol. The maximum absolute atomic E-state index is 9.49. The van der Waals surface area contributed by atoms with Gasteiger partial charge in [0.25, 0.3) is 0 Å². The van der Waals surface area contributed by atoms with Crippen molar-refractivity contribution >= 4 is 21.6 Å². The molecule has 0 radical (unpaired) electrons. The van der Waals surface area contributed by atoms with Crippen LogP contribution in [0.25, 0.3) is 10.2 Å². The van der Waals surface area contributed by atoms with E-state index in [1.807, 2.05) is 26.0 Å². The number of aromatic nitrogens is 1. The second kappa shape index (κ2) is 6.27. The van der Waals surface area contributed by atoms with Gasteiger partial charge in [-0.25, -0.2) is 4.98 Å². The number of rotatable bonds is 4. The molecule has 1 saturated heterocycles. The highest BCUT2D eigenvalue weighted by atomic mass is 32.1. The van der Waals surface area contributed by atoms with Crippen molar-refractivity contribution in [3.63, 3.8) is 0 Å². The number of β-amino-alcohol motifs (C(OH)–C–C–N with tert-alkyl or cyclic N) is 1. The van der Waals surface area contributed by atoms with E-state index in [9.17, 15) is 5.11 Å². The van der Waals surface area contributed by atoms with Crippen LogP contribution in [0.4, 0.5) is 0 Å². The van der Waals surface area contributed by atoms with Crippen molar-refractivity contribution in [1.82, 2.24) is 15.2 Å². The molecule has 2 heterocycles. The van der Waals surface area contributed by atoms with E-state index >= 15 is 0 Å². The quantitative estimate of drug-likeness (QED) is 0.898. The smallest absolute Gasteiger partial charge is 0.163 e. The highest BCUT2D eigenvalue weighted by Crippen LogP contribution is 2.26. The summed E-state index contributed by atoms with van der Waals surface area (Å²) in [6.45, 7) is 7.10. The van der Waals surface area contributed by atoms with Crippen LogP contribution < -0.4 is 10.1 Å². The first kappa shape index (κ1) is 14.7. The Morgan fingerprint density at radius 1 is 1.57 bits per heavy atom. The topological polar surface area (TPSA) is 57.6 Å². The van der Waals surface area contributed by atoms with E-state index in [0.29, 0.717) is 6.54 Å². The minimum atomic E-state index is -0.307. The SMILES string of the molecule is Cc1nc2cc(OC3CN(CC(C)O)CCN3)ccc2s1. The lowest BCUT2D eigenvalue weighted by molar-refractivity contribution is 0.0463. The Hall–Kier alpha value is -1.21. The molecule has 3 rings (SSSR count). The molecule has 2 atom stereocenters. The molecule has 0 saturated carbocycles. The van der Waals surface area contributed by atoms with Crippen LogP contribution in [0.3, 0.4) is 0 Å². The first-order valence-corrected chi connectivity index (χ1v) is 8.09. The van der Waals surface area contributed by atoms with Crippen LogP contribution in [0.5, 0.6) is 5.75 Å². The first-order chi connectivity index (χ1) is 10.1. The van der Waals surface area contributed by atoms with Gasteiger partial charge in [0.2, 0.25) is 0 Å². The predicted octanol–water partition coefficient (Wildman–Crippen LogP) is 1.60. The zero-order chi connectivity index (χ0) is 14.8. The number of benzene rings is 1. The zero-order valence-electron chi connectivity index (χ0n) is 12.4. The number of nitrogens with one attached hydrogen (secondary N) is 1. The summed E-state index contributed by atoms with van der Waals surface area (Å²) in [5, 5.41) is 13.9. The van der Waals surface area contributed by atoms with E-state index in [4.69, 9.17) is 4.74 Å². The number of thiazole rings is 1. The van der Waals surface area contributed by atoms with Gasteiger partial charge in [0, 0.05) is 32.2 Å². The van der Waals surface area contributed by atoms with Gasteiger partial charge in [-0.2, -0.15) is 0 Å². The van der Waals surface area contributed by atoms with Crippen LogP contribution >= 0.6 is 11.3 Å². The summed E-state index contributed by atoms with van der Waals surface area (Å²) in [4.78, 5) is 6.72. The van der Waals surface area contributed by atoms with Crippen molar-refractivity contribution < 1.29 is 9.84 Å². The number of aryl methyl sites for hydroxylation is 1. The molecule has 1 aliphatic rings. The lowest BCUT2D eigenvalue weighted by Crippen LogP contribution is -2.54. The minimum Gasteiger partial charge on any atom is -0.474 e. The Morgan fingerprint density at radius 2 is 2.43 bits per heavy atom. The summed E-state index contributed by atoms with van der Waals surface area (Å²) in [5.41, 5.74) is 0.992. The lowest BCUT2D eigenvalue weighted by atomic mass is 10.3. The van der Waals surface area contributed by atoms with E-state index in [2.05, 4.69) is 21.3 Å². The highest BCUT2D eigenvalue weighted by Gasteiger charge is 2.21. The van der Waals surface area contributed by atoms with Crippen LogP contribution in [0, 0.1) is 6.92 Å². The second-order valence-corrected chi connectivity index (χ2v) is 6.77. The van der Waals surface area contributed by atoms with Crippen molar-refractivity contribution in [2.24, 2.45) is 0 Å². The molecule has 0 bridgehead atoms. The van der Waals surface area contributed by atoms with Crippen molar-refractivity contribution in [2.45, 2.75) is 26.2 Å². The summed E-state index contributed by atoms with van der Waals surface area (Å²) in [7, 11) is 0. The van der Waals surface area contributed by atoms with E-state index in [0.717, 1.165) is 35.9 Å². The number of hydrogen-bond acceptors (Lipinski definition) is 6. The summed E-state index contributed by atoms with van der Waals surface area (Å²) in [6, 6.07) is 6.05. The fourth-order valence-corrected chi connectivity index (χ4v) is 3.46. The number of ether oxygens (including phenoxy) is 1. The summed E-state index contributed by atoms with van der Waals surface area (Å²) >= 11 is 1.70. The Morgan fingerprint density at radius 3 is 3.24 bits per heavy atom. The van der Waals surface area contributed by atoms with Crippen molar-refractivity contribution in [3.05, 3.63) is 23.2 Å². The zero-order valence-corrected chi connectivity index (χ0v) is 13.2. The van der Waals surface area contributed by atoms with Crippen molar-refractivity contribution in [3.8, 4) is 5.75 Å². The van der Waals surface area contributed by atoms with E-state index < -0.39 is 0 Å². The molecule has 5 nitrogen and oxygen atoms in total. The molecule has 1 aromatic heterocycles. The Labute approximate surface area is 128 Å². The van der Waals surface area contributed by atoms with E-state index in [1.54, 1.807) is 11.3 Å². The molecule has 2 aromatic rings. The molecule has 1 fully saturated rings. The minimum absolute atomic E-state index is 0.0466. The van der Waals surface area contributed by atoms with Gasteiger partial charge in [0.15, 0.2) is 6.23 Å². The maximum Gasteiger partial charge on any atom is 0.163 e. The monoisotopic (exact) mass is 307 g/mol. The molecule has 21 heavy (non-hydrogen) atoms. The van der Waals surface area contributed by atoms with Gasteiger partial charge in [-0.3, -0.25) is 10.2 Å². The van der Waals surface area contributed by atoms with Crippen LogP contribution in [-0.2, 0) is 0 Å². The molecule has 0 aliphatic carbocycles. The van der Waals surface area contributed by atoms with Gasteiger partial charge >= 0.3 is 0 Å². The van der Waals surface area contributed by atoms with Crippen LogP contribution in [0.15, 0.2) is 18.2 Å². The van der Waals surface area contributed by atoms with Gasteiger partial charge < -0.3 is 9.84 Å². The van der Waals surface area contributed by atoms with Crippen LogP contribution in [0.1, 0.15) is 11.9 Å². The Kier molecular flexibility index (Phi) is 4.40. The van der Waals surface area contributed by atoms with Gasteiger partial charge in [0.05, 0.1) is 21.3 Å². The fraction of sp³-hybridized carbons (Fsp3) is 0.533. The van der Waals surface area contributed by atoms with Crippen molar-refractivity contribution in [2.75, 3.05) is 26.2 Å². The number of aliphatic hydroxyl groups is 1. The van der Waals surface area contributed by atoms with Gasteiger partial charge in [-0.15, -0.1) is 11.3 Å². The Balaban J connectivity index is 1.66. The highest BCUT2D eigenvalue weighted by molar-refractivity contribution is 7.18. The average molecular weight is 307 g/mol. The number of hydrogen-bond donors (Lipinski definition) is 2. The fourth-order valence-electron chi connectivity index (χ4n) is 2.65. The Bertz CT molecular complexity index is 614. The molecule has 1 aromatic carbocycles. The van der Waals surface area contributed by atoms with E-state index in [1.165, 1.54) is 4.70 Å². The number of nitrogens with zero attached hydrogens (tertiary/aromatic N) is 2. The number of piperazine rings is 1. The molecule has 2 unspecified atom stereocenters. The number of aliphatic hydroxyl groups excluding tert-OH is 1. The van der Waals surface area contributed by atoms with Gasteiger partial charge in [0.1, 0.15) is 5.75 Å². The van der Waals surface area contributed by atoms with E-state index in [-0.39, 0.29) is 12.3 Å². The maximum atomic E-state index is 9.49. The molecule has 114 valence electrons. The molecule has 6 heteroatoms. The van der Waals surface area contributed by atoms with Crippen molar-refractivity contribution in [1.29, 1.82) is 0 Å². The third kappa shape index (κ3) is 3.71. The lowest BCUT2D eigenvalue weighted by Gasteiger charge is -2.34. The molecule has 2 N–H and O–H groups in total. The van der Waals surface area contributed by atoms with Gasteiger partial charge in [-0.05, 0) is 26.0 Å². The molecule has 0 spiro atoms. The number of fused-ring (bicyclic) bond motifs is 1. The first-order valence-electron chi connectivity index (χ1n) is 7.28. The third-order valence-corrected chi connectivity index (χ3v) is 4.44. The summed E-state index contributed by atoms with van der Waals surface area (Å²) in [6.07, 6.45) is -0.354. The summed E-state index contributed by atoms with van der Waals surface area (Å²) in [5.74, 6) is 0.837. The predicted molar refractivity (Wildman–Crippen MR) is 84.9 cm³/mol. The van der Waals surface area contributed by atoms with Crippen LogP contribution in [0.2, 0.25) is 0 Å². The second-order valence-electron chi connectivity index (χ2n) is 5.53. The molecular formula is C15H21N3O2S. The van der Waals surface area contributed by atoms with Crippen LogP contribution in [-0.4, -0.2) is 53.5 Å². The standard InChI is InChI=1S/C15H21N3O2S/c1-10(19)8-18-6-5-16-15(9-18)20-12-3-4-14-13(7-12)17-11(2)21-14/h3-4,7,10,15-16,19H,5-6,8-9H2,1-2H3. The molecule has 1 aliphatic heterocycles. The largest absolute Gasteiger partial charge is 0.474 e. The molecule has 0 amide bonds. The van der Waals surface area contributed by atoms with Gasteiger partial charge in [-0.1, -0.05) is 0 Å². The average Bonchev–Trinajstić information content (AvgIpc) is 2.77. The summed E-state index contributed by atoms with van der Waals surface area (Å²) < 4.78 is 7.20.